The first-order chi connectivity index (χ1) is 9.19. The van der Waals surface area contributed by atoms with Crippen molar-refractivity contribution in [3.63, 3.8) is 0 Å². The molecule has 0 aliphatic rings. The summed E-state index contributed by atoms with van der Waals surface area (Å²) in [5, 5.41) is 8.60. The third kappa shape index (κ3) is 4.08. The van der Waals surface area contributed by atoms with E-state index < -0.39 is 0 Å². The van der Waals surface area contributed by atoms with Gasteiger partial charge in [0.2, 0.25) is 0 Å². The van der Waals surface area contributed by atoms with Crippen LogP contribution in [-0.4, -0.2) is 9.78 Å². The van der Waals surface area contributed by atoms with E-state index in [4.69, 9.17) is 11.6 Å². The fourth-order valence-corrected chi connectivity index (χ4v) is 2.12. The van der Waals surface area contributed by atoms with Crippen molar-refractivity contribution in [3.8, 4) is 0 Å². The van der Waals surface area contributed by atoms with Gasteiger partial charge in [-0.1, -0.05) is 30.7 Å². The van der Waals surface area contributed by atoms with E-state index in [-0.39, 0.29) is 0 Å². The monoisotopic (exact) mass is 277 g/mol. The van der Waals surface area contributed by atoms with Gasteiger partial charge in [0.05, 0.1) is 6.20 Å². The highest BCUT2D eigenvalue weighted by Gasteiger charge is 2.05. The van der Waals surface area contributed by atoms with Crippen molar-refractivity contribution < 1.29 is 0 Å². The van der Waals surface area contributed by atoms with Crippen LogP contribution in [0.15, 0.2) is 36.7 Å². The molecule has 1 atom stereocenters. The smallest absolute Gasteiger partial charge is 0.0534 e. The molecule has 3 nitrogen and oxygen atoms in total. The summed E-state index contributed by atoms with van der Waals surface area (Å²) in [5.41, 5.74) is 2.46. The summed E-state index contributed by atoms with van der Waals surface area (Å²) < 4.78 is 1.99. The van der Waals surface area contributed by atoms with Crippen molar-refractivity contribution in [3.05, 3.63) is 52.8 Å². The Morgan fingerprint density at radius 1 is 1.32 bits per heavy atom. The molecule has 0 unspecified atom stereocenters. The first kappa shape index (κ1) is 14.1. The molecule has 0 spiro atoms. The second kappa shape index (κ2) is 6.73. The molecule has 0 saturated carbocycles. The van der Waals surface area contributed by atoms with E-state index in [2.05, 4.69) is 42.6 Å². The topological polar surface area (TPSA) is 29.9 Å². The highest BCUT2D eigenvalue weighted by atomic mass is 35.5. The standard InChI is InChI=1S/C15H20ClN3/c1-3-8-19-11-13(10-18-19)9-17-12(2)14-4-6-15(16)7-5-14/h4-7,10-12,17H,3,8-9H2,1-2H3/t12-/m1/s1. The fraction of sp³-hybridized carbons (Fsp3) is 0.400. The lowest BCUT2D eigenvalue weighted by Gasteiger charge is -2.13. The maximum absolute atomic E-state index is 5.89. The number of rotatable bonds is 6. The summed E-state index contributed by atoms with van der Waals surface area (Å²) in [5.74, 6) is 0. The van der Waals surface area contributed by atoms with E-state index in [9.17, 15) is 0 Å². The van der Waals surface area contributed by atoms with Gasteiger partial charge in [-0.05, 0) is 31.0 Å². The van der Waals surface area contributed by atoms with Crippen LogP contribution in [0, 0.1) is 0 Å². The van der Waals surface area contributed by atoms with Gasteiger partial charge in [0.1, 0.15) is 0 Å². The average molecular weight is 278 g/mol. The molecule has 4 heteroatoms. The Bertz CT molecular complexity index is 504. The third-order valence-electron chi connectivity index (χ3n) is 3.12. The minimum atomic E-state index is 0.298. The molecule has 0 aliphatic carbocycles. The largest absolute Gasteiger partial charge is 0.306 e. The van der Waals surface area contributed by atoms with Crippen LogP contribution >= 0.6 is 11.6 Å². The first-order valence-corrected chi connectivity index (χ1v) is 7.07. The van der Waals surface area contributed by atoms with Gasteiger partial charge >= 0.3 is 0 Å². The van der Waals surface area contributed by atoms with Crippen LogP contribution in [0.3, 0.4) is 0 Å². The zero-order valence-electron chi connectivity index (χ0n) is 11.4. The Morgan fingerprint density at radius 3 is 2.74 bits per heavy atom. The van der Waals surface area contributed by atoms with Gasteiger partial charge in [0.25, 0.3) is 0 Å². The van der Waals surface area contributed by atoms with Crippen molar-refractivity contribution in [1.29, 1.82) is 0 Å². The van der Waals surface area contributed by atoms with E-state index in [1.807, 2.05) is 23.0 Å². The van der Waals surface area contributed by atoms with Crippen LogP contribution in [-0.2, 0) is 13.1 Å². The van der Waals surface area contributed by atoms with Crippen LogP contribution in [0.25, 0.3) is 0 Å². The third-order valence-corrected chi connectivity index (χ3v) is 3.37. The van der Waals surface area contributed by atoms with Crippen molar-refractivity contribution in [1.82, 2.24) is 15.1 Å². The number of halogens is 1. The molecule has 2 aromatic rings. The van der Waals surface area contributed by atoms with Crippen molar-refractivity contribution in [2.45, 2.75) is 39.4 Å². The Morgan fingerprint density at radius 2 is 2.05 bits per heavy atom. The minimum Gasteiger partial charge on any atom is -0.306 e. The van der Waals surface area contributed by atoms with Crippen molar-refractivity contribution in [2.75, 3.05) is 0 Å². The summed E-state index contributed by atoms with van der Waals surface area (Å²) in [6, 6.07) is 8.26. The number of benzene rings is 1. The lowest BCUT2D eigenvalue weighted by atomic mass is 10.1. The van der Waals surface area contributed by atoms with Gasteiger partial charge in [-0.25, -0.2) is 0 Å². The molecule has 1 N–H and O–H groups in total. The van der Waals surface area contributed by atoms with Gasteiger partial charge in [-0.2, -0.15) is 5.10 Å². The lowest BCUT2D eigenvalue weighted by molar-refractivity contribution is 0.572. The van der Waals surface area contributed by atoms with Crippen LogP contribution in [0.1, 0.15) is 37.4 Å². The maximum Gasteiger partial charge on any atom is 0.0534 e. The quantitative estimate of drug-likeness (QED) is 0.870. The molecule has 0 aliphatic heterocycles. The highest BCUT2D eigenvalue weighted by molar-refractivity contribution is 6.30. The first-order valence-electron chi connectivity index (χ1n) is 6.69. The van der Waals surface area contributed by atoms with E-state index in [0.717, 1.165) is 24.5 Å². The van der Waals surface area contributed by atoms with E-state index in [1.165, 1.54) is 11.1 Å². The number of nitrogens with zero attached hydrogens (tertiary/aromatic N) is 2. The van der Waals surface area contributed by atoms with Crippen LogP contribution in [0.2, 0.25) is 5.02 Å². The fourth-order valence-electron chi connectivity index (χ4n) is 1.99. The molecule has 0 radical (unpaired) electrons. The summed E-state index contributed by atoms with van der Waals surface area (Å²) in [6.45, 7) is 6.11. The van der Waals surface area contributed by atoms with Gasteiger partial charge in [0.15, 0.2) is 0 Å². The average Bonchev–Trinajstić information content (AvgIpc) is 2.85. The summed E-state index contributed by atoms with van der Waals surface area (Å²) in [7, 11) is 0. The van der Waals surface area contributed by atoms with Crippen molar-refractivity contribution in [2.24, 2.45) is 0 Å². The molecule has 1 aromatic heterocycles. The van der Waals surface area contributed by atoms with E-state index in [0.29, 0.717) is 6.04 Å². The molecule has 1 heterocycles. The molecular weight excluding hydrogens is 258 g/mol. The van der Waals surface area contributed by atoms with E-state index >= 15 is 0 Å². The maximum atomic E-state index is 5.89. The SMILES string of the molecule is CCCn1cc(CN[C@H](C)c2ccc(Cl)cc2)cn1. The normalized spacial score (nSPS) is 12.6. The molecule has 0 fully saturated rings. The number of hydrogen-bond donors (Lipinski definition) is 1. The molecular formula is C15H20ClN3. The second-order valence-corrected chi connectivity index (χ2v) is 5.20. The molecule has 2 rings (SSSR count). The van der Waals surface area contributed by atoms with E-state index in [1.54, 1.807) is 0 Å². The molecule has 19 heavy (non-hydrogen) atoms. The number of aromatic nitrogens is 2. The Labute approximate surface area is 119 Å². The molecule has 0 bridgehead atoms. The van der Waals surface area contributed by atoms with Gasteiger partial charge in [0, 0.05) is 35.9 Å². The highest BCUT2D eigenvalue weighted by Crippen LogP contribution is 2.16. The summed E-state index contributed by atoms with van der Waals surface area (Å²) in [4.78, 5) is 0. The van der Waals surface area contributed by atoms with Crippen LogP contribution in [0.4, 0.5) is 0 Å². The van der Waals surface area contributed by atoms with Crippen molar-refractivity contribution >= 4 is 11.6 Å². The summed E-state index contributed by atoms with van der Waals surface area (Å²) in [6.07, 6.45) is 5.14. The van der Waals surface area contributed by atoms with Gasteiger partial charge < -0.3 is 5.32 Å². The zero-order valence-corrected chi connectivity index (χ0v) is 12.2. The number of nitrogens with one attached hydrogen (secondary N) is 1. The predicted molar refractivity (Wildman–Crippen MR) is 79.2 cm³/mol. The molecule has 0 saturated heterocycles. The molecule has 0 amide bonds. The second-order valence-electron chi connectivity index (χ2n) is 4.77. The Balaban J connectivity index is 1.88. The number of hydrogen-bond acceptors (Lipinski definition) is 2. The number of aryl methyl sites for hydroxylation is 1. The summed E-state index contributed by atoms with van der Waals surface area (Å²) >= 11 is 5.89. The molecule has 1 aromatic carbocycles. The van der Waals surface area contributed by atoms with Crippen LogP contribution < -0.4 is 5.32 Å². The Kier molecular flexibility index (Phi) is 5.00. The zero-order chi connectivity index (χ0) is 13.7. The van der Waals surface area contributed by atoms with Gasteiger partial charge in [-0.15, -0.1) is 0 Å². The Hall–Kier alpha value is -1.32. The van der Waals surface area contributed by atoms with Gasteiger partial charge in [-0.3, -0.25) is 4.68 Å². The predicted octanol–water partition coefficient (Wildman–Crippen LogP) is 3.80. The minimum absolute atomic E-state index is 0.298. The molecule has 102 valence electrons. The van der Waals surface area contributed by atoms with Crippen LogP contribution in [0.5, 0.6) is 0 Å². The lowest BCUT2D eigenvalue weighted by Crippen LogP contribution is -2.17.